The van der Waals surface area contributed by atoms with Crippen LogP contribution in [0.25, 0.3) is 6.08 Å². The van der Waals surface area contributed by atoms with Crippen molar-refractivity contribution in [2.24, 2.45) is 0 Å². The van der Waals surface area contributed by atoms with Crippen molar-refractivity contribution in [1.29, 1.82) is 0 Å². The summed E-state index contributed by atoms with van der Waals surface area (Å²) < 4.78 is 13.1. The normalized spacial score (nSPS) is 11.8. The second-order valence-corrected chi connectivity index (χ2v) is 10.5. The summed E-state index contributed by atoms with van der Waals surface area (Å²) in [6.45, 7) is 1.77. The lowest BCUT2D eigenvalue weighted by Crippen LogP contribution is -2.30. The van der Waals surface area contributed by atoms with Crippen LogP contribution in [0.5, 0.6) is 0 Å². The Bertz CT molecular complexity index is 1530. The van der Waals surface area contributed by atoms with Gasteiger partial charge in [-0.1, -0.05) is 41.9 Å². The minimum atomic E-state index is -0.517. The lowest BCUT2D eigenvalue weighted by molar-refractivity contribution is -0.115. The highest BCUT2D eigenvalue weighted by atomic mass is 35.5. The molecule has 0 fully saturated rings. The molecule has 9 heteroatoms. The Kier molecular flexibility index (Phi) is 9.72. The van der Waals surface area contributed by atoms with Crippen molar-refractivity contribution in [2.45, 2.75) is 17.1 Å². The van der Waals surface area contributed by atoms with E-state index in [1.54, 1.807) is 91.9 Å². The van der Waals surface area contributed by atoms with Gasteiger partial charge in [0.2, 0.25) is 5.91 Å². The number of halogens is 2. The third kappa shape index (κ3) is 8.30. The van der Waals surface area contributed by atoms with Crippen molar-refractivity contribution in [3.05, 3.63) is 131 Å². The lowest BCUT2D eigenvalue weighted by atomic mass is 10.1. The molecule has 6 nitrogen and oxygen atoms in total. The van der Waals surface area contributed by atoms with Crippen LogP contribution in [-0.2, 0) is 9.59 Å². The number of rotatable bonds is 9. The van der Waals surface area contributed by atoms with E-state index in [2.05, 4.69) is 16.0 Å². The number of hydrogen-bond donors (Lipinski definition) is 3. The van der Waals surface area contributed by atoms with Crippen LogP contribution in [0.1, 0.15) is 22.8 Å². The van der Waals surface area contributed by atoms with Crippen molar-refractivity contribution in [3.63, 3.8) is 0 Å². The number of carbonyl (C=O) groups is 3. The third-order valence-electron chi connectivity index (χ3n) is 5.59. The minimum absolute atomic E-state index is 0.0423. The summed E-state index contributed by atoms with van der Waals surface area (Å²) in [4.78, 5) is 39.3. The smallest absolute Gasteiger partial charge is 0.272 e. The number of anilines is 2. The van der Waals surface area contributed by atoms with Gasteiger partial charge in [-0.2, -0.15) is 0 Å². The fraction of sp³-hybridized carbons (Fsp3) is 0.0645. The second-order valence-electron chi connectivity index (χ2n) is 8.67. The number of amides is 3. The van der Waals surface area contributed by atoms with Gasteiger partial charge in [-0.15, -0.1) is 11.8 Å². The molecular formula is C31H25ClFN3O3S. The second kappa shape index (κ2) is 13.6. The van der Waals surface area contributed by atoms with E-state index in [-0.39, 0.29) is 17.4 Å². The molecule has 0 spiro atoms. The molecular weight excluding hydrogens is 549 g/mol. The molecule has 0 aliphatic carbocycles. The molecule has 0 aromatic heterocycles. The maximum Gasteiger partial charge on any atom is 0.272 e. The summed E-state index contributed by atoms with van der Waals surface area (Å²) in [5.41, 5.74) is 2.11. The van der Waals surface area contributed by atoms with Crippen molar-refractivity contribution >= 4 is 58.5 Å². The standard InChI is InChI=1S/C31H25ClFN3O3S/c1-20(29(37)34-25-12-10-24(33)11-13-25)40-27-16-14-26(15-17-27)35-31(39)28(19-21-6-5-9-23(32)18-21)36-30(38)22-7-3-2-4-8-22/h2-20H,1H3,(H,34,37)(H,35,39)(H,36,38)/b28-19-. The molecule has 0 bridgehead atoms. The molecule has 0 heterocycles. The summed E-state index contributed by atoms with van der Waals surface area (Å²) in [6, 6.07) is 28.0. The van der Waals surface area contributed by atoms with Crippen LogP contribution in [0.15, 0.2) is 114 Å². The quantitative estimate of drug-likeness (QED) is 0.148. The molecule has 0 saturated carbocycles. The van der Waals surface area contributed by atoms with E-state index in [0.29, 0.717) is 27.5 Å². The average molecular weight is 574 g/mol. The van der Waals surface area contributed by atoms with Gasteiger partial charge in [-0.05, 0) is 91.4 Å². The highest BCUT2D eigenvalue weighted by Crippen LogP contribution is 2.26. The zero-order valence-electron chi connectivity index (χ0n) is 21.4. The molecule has 0 aliphatic heterocycles. The fourth-order valence-corrected chi connectivity index (χ4v) is 4.62. The summed E-state index contributed by atoms with van der Waals surface area (Å²) in [5.74, 6) is -1.54. The molecule has 4 aromatic carbocycles. The van der Waals surface area contributed by atoms with Gasteiger partial charge in [0.25, 0.3) is 11.8 Å². The number of thioether (sulfide) groups is 1. The minimum Gasteiger partial charge on any atom is -0.325 e. The first kappa shape index (κ1) is 28.6. The number of hydrogen-bond acceptors (Lipinski definition) is 4. The van der Waals surface area contributed by atoms with E-state index in [1.807, 2.05) is 0 Å². The average Bonchev–Trinajstić information content (AvgIpc) is 2.95. The van der Waals surface area contributed by atoms with Crippen LogP contribution in [0.3, 0.4) is 0 Å². The predicted octanol–water partition coefficient (Wildman–Crippen LogP) is 7.01. The van der Waals surface area contributed by atoms with Gasteiger partial charge in [-0.25, -0.2) is 4.39 Å². The maximum absolute atomic E-state index is 13.2. The van der Waals surface area contributed by atoms with E-state index < -0.39 is 17.1 Å². The van der Waals surface area contributed by atoms with Gasteiger partial charge >= 0.3 is 0 Å². The Hall–Kier alpha value is -4.40. The molecule has 40 heavy (non-hydrogen) atoms. The first-order valence-electron chi connectivity index (χ1n) is 12.2. The fourth-order valence-electron chi connectivity index (χ4n) is 3.56. The summed E-state index contributed by atoms with van der Waals surface area (Å²) in [5, 5.41) is 8.32. The third-order valence-corrected chi connectivity index (χ3v) is 6.94. The number of benzene rings is 4. The largest absolute Gasteiger partial charge is 0.325 e. The predicted molar refractivity (Wildman–Crippen MR) is 159 cm³/mol. The Morgan fingerprint density at radius 1 is 0.825 bits per heavy atom. The van der Waals surface area contributed by atoms with Gasteiger partial charge in [-0.3, -0.25) is 14.4 Å². The van der Waals surface area contributed by atoms with Crippen LogP contribution in [0, 0.1) is 5.82 Å². The molecule has 1 atom stereocenters. The Labute approximate surface area is 240 Å². The lowest BCUT2D eigenvalue weighted by Gasteiger charge is -2.13. The first-order valence-corrected chi connectivity index (χ1v) is 13.5. The SMILES string of the molecule is CC(Sc1ccc(NC(=O)/C(=C/c2cccc(Cl)c2)NC(=O)c2ccccc2)cc1)C(=O)Nc1ccc(F)cc1. The monoisotopic (exact) mass is 573 g/mol. The van der Waals surface area contributed by atoms with Crippen LogP contribution >= 0.6 is 23.4 Å². The number of carbonyl (C=O) groups excluding carboxylic acids is 3. The van der Waals surface area contributed by atoms with Crippen molar-refractivity contribution in [1.82, 2.24) is 5.32 Å². The van der Waals surface area contributed by atoms with E-state index in [4.69, 9.17) is 11.6 Å². The topological polar surface area (TPSA) is 87.3 Å². The molecule has 3 N–H and O–H groups in total. The van der Waals surface area contributed by atoms with Crippen LogP contribution < -0.4 is 16.0 Å². The molecule has 0 saturated heterocycles. The zero-order chi connectivity index (χ0) is 28.5. The van der Waals surface area contributed by atoms with E-state index in [9.17, 15) is 18.8 Å². The number of nitrogens with one attached hydrogen (secondary N) is 3. The molecule has 3 amide bonds. The van der Waals surface area contributed by atoms with Crippen LogP contribution in [-0.4, -0.2) is 23.0 Å². The van der Waals surface area contributed by atoms with Crippen LogP contribution in [0.2, 0.25) is 5.02 Å². The highest BCUT2D eigenvalue weighted by Gasteiger charge is 2.17. The molecule has 202 valence electrons. The molecule has 4 rings (SSSR count). The zero-order valence-corrected chi connectivity index (χ0v) is 22.9. The van der Waals surface area contributed by atoms with E-state index in [0.717, 1.165) is 4.90 Å². The summed E-state index contributed by atoms with van der Waals surface area (Å²) >= 11 is 7.44. The van der Waals surface area contributed by atoms with E-state index >= 15 is 0 Å². The van der Waals surface area contributed by atoms with E-state index in [1.165, 1.54) is 36.0 Å². The molecule has 0 radical (unpaired) electrons. The Balaban J connectivity index is 1.42. The maximum atomic E-state index is 13.2. The first-order chi connectivity index (χ1) is 19.3. The Morgan fingerprint density at radius 3 is 2.15 bits per heavy atom. The Morgan fingerprint density at radius 2 is 1.48 bits per heavy atom. The van der Waals surface area contributed by atoms with Crippen molar-refractivity contribution in [2.75, 3.05) is 10.6 Å². The molecule has 1 unspecified atom stereocenters. The van der Waals surface area contributed by atoms with Gasteiger partial charge in [0, 0.05) is 26.9 Å². The molecule has 0 aliphatic rings. The summed E-state index contributed by atoms with van der Waals surface area (Å²) in [6.07, 6.45) is 1.55. The molecule has 4 aromatic rings. The van der Waals surface area contributed by atoms with Crippen molar-refractivity contribution in [3.8, 4) is 0 Å². The van der Waals surface area contributed by atoms with Gasteiger partial charge in [0.05, 0.1) is 5.25 Å². The highest BCUT2D eigenvalue weighted by molar-refractivity contribution is 8.00. The van der Waals surface area contributed by atoms with Crippen LogP contribution in [0.4, 0.5) is 15.8 Å². The van der Waals surface area contributed by atoms with Crippen molar-refractivity contribution < 1.29 is 18.8 Å². The van der Waals surface area contributed by atoms with Gasteiger partial charge in [0.15, 0.2) is 0 Å². The van der Waals surface area contributed by atoms with Gasteiger partial charge in [0.1, 0.15) is 11.5 Å². The van der Waals surface area contributed by atoms with Gasteiger partial charge < -0.3 is 16.0 Å². The summed E-state index contributed by atoms with van der Waals surface area (Å²) in [7, 11) is 0.